The number of nitrogens with two attached hydrogens (primary N) is 1. The van der Waals surface area contributed by atoms with Crippen molar-refractivity contribution in [3.05, 3.63) is 0 Å². The first-order valence-electron chi connectivity index (χ1n) is 4.40. The van der Waals surface area contributed by atoms with Crippen molar-refractivity contribution in [1.82, 2.24) is 0 Å². The van der Waals surface area contributed by atoms with Crippen molar-refractivity contribution in [2.75, 3.05) is 13.2 Å². The molecule has 0 aliphatic carbocycles. The van der Waals surface area contributed by atoms with Gasteiger partial charge >= 0.3 is 0 Å². The number of amidine groups is 1. The van der Waals surface area contributed by atoms with Crippen molar-refractivity contribution in [1.29, 1.82) is 0 Å². The molecular weight excluding hydrogens is 172 g/mol. The molecule has 1 fully saturated rings. The Bertz CT molecular complexity index is 246. The Morgan fingerprint density at radius 3 is 2.92 bits per heavy atom. The second-order valence-electron chi connectivity index (χ2n) is 3.30. The van der Waals surface area contributed by atoms with E-state index >= 15 is 0 Å². The minimum atomic E-state index is -0.500. The van der Waals surface area contributed by atoms with E-state index < -0.39 is 6.10 Å². The molecule has 1 saturated heterocycles. The second-order valence-corrected chi connectivity index (χ2v) is 3.30. The molecule has 0 spiro atoms. The van der Waals surface area contributed by atoms with E-state index in [1.807, 2.05) is 0 Å². The predicted molar refractivity (Wildman–Crippen MR) is 45.0 cm³/mol. The van der Waals surface area contributed by atoms with Crippen LogP contribution in [0.25, 0.3) is 0 Å². The van der Waals surface area contributed by atoms with E-state index in [1.165, 1.54) is 0 Å². The van der Waals surface area contributed by atoms with E-state index in [1.54, 1.807) is 0 Å². The quantitative estimate of drug-likeness (QED) is 0.604. The average molecular weight is 184 g/mol. The van der Waals surface area contributed by atoms with Crippen LogP contribution in [0.1, 0.15) is 12.8 Å². The fourth-order valence-corrected chi connectivity index (χ4v) is 1.68. The summed E-state index contributed by atoms with van der Waals surface area (Å²) in [5.41, 5.74) is 5.29. The molecule has 0 aromatic rings. The fraction of sp³-hybridized carbons (Fsp3) is 0.750. The van der Waals surface area contributed by atoms with Gasteiger partial charge in [0.1, 0.15) is 0 Å². The number of aliphatic imine (C=N–C) groups is 1. The molecule has 13 heavy (non-hydrogen) atoms. The normalized spacial score (nSPS) is 34.2. The van der Waals surface area contributed by atoms with Crippen LogP contribution in [-0.2, 0) is 14.3 Å². The van der Waals surface area contributed by atoms with Gasteiger partial charge in [-0.15, -0.1) is 0 Å². The van der Waals surface area contributed by atoms with Gasteiger partial charge in [-0.1, -0.05) is 0 Å². The van der Waals surface area contributed by atoms with Crippen LogP contribution in [0.4, 0.5) is 0 Å². The van der Waals surface area contributed by atoms with Gasteiger partial charge in [-0.25, -0.2) is 0 Å². The Morgan fingerprint density at radius 2 is 2.38 bits per heavy atom. The van der Waals surface area contributed by atoms with Crippen LogP contribution < -0.4 is 5.73 Å². The lowest BCUT2D eigenvalue weighted by Crippen LogP contribution is -2.34. The molecule has 0 aromatic heterocycles. The highest BCUT2D eigenvalue weighted by atomic mass is 16.5. The number of amides is 1. The molecule has 2 unspecified atom stereocenters. The highest BCUT2D eigenvalue weighted by Crippen LogP contribution is 2.23. The number of ether oxygens (including phenoxy) is 2. The predicted octanol–water partition coefficient (Wildman–Crippen LogP) is -0.347. The zero-order chi connectivity index (χ0) is 9.26. The average Bonchev–Trinajstić information content (AvgIpc) is 2.47. The maximum atomic E-state index is 11.2. The topological polar surface area (TPSA) is 73.9 Å². The smallest absolute Gasteiger partial charge is 0.291 e. The van der Waals surface area contributed by atoms with Crippen LogP contribution in [0, 0.1) is 5.92 Å². The number of carbonyl (C=O) groups is 1. The van der Waals surface area contributed by atoms with Crippen LogP contribution in [-0.4, -0.2) is 31.2 Å². The fourth-order valence-electron chi connectivity index (χ4n) is 1.68. The van der Waals surface area contributed by atoms with Crippen LogP contribution >= 0.6 is 0 Å². The maximum Gasteiger partial charge on any atom is 0.291 e. The Labute approximate surface area is 75.9 Å². The third kappa shape index (κ3) is 1.65. The van der Waals surface area contributed by atoms with E-state index in [0.29, 0.717) is 6.61 Å². The van der Waals surface area contributed by atoms with E-state index in [0.717, 1.165) is 19.4 Å². The molecular formula is C8H12N2O3. The summed E-state index contributed by atoms with van der Waals surface area (Å²) < 4.78 is 10.4. The molecule has 5 nitrogen and oxygen atoms in total. The zero-order valence-electron chi connectivity index (χ0n) is 7.23. The lowest BCUT2D eigenvalue weighted by atomic mass is 9.96. The first-order valence-corrected chi connectivity index (χ1v) is 4.40. The van der Waals surface area contributed by atoms with Gasteiger partial charge in [0, 0.05) is 12.5 Å². The summed E-state index contributed by atoms with van der Waals surface area (Å²) >= 11 is 0. The highest BCUT2D eigenvalue weighted by molar-refractivity contribution is 5.98. The molecule has 2 N–H and O–H groups in total. The number of hydrogen-bond donors (Lipinski definition) is 1. The summed E-state index contributed by atoms with van der Waals surface area (Å²) in [6.45, 7) is 1.34. The number of nitrogens with zero attached hydrogens (tertiary/aromatic N) is 1. The molecule has 0 radical (unpaired) electrons. The molecule has 0 bridgehead atoms. The Kier molecular flexibility index (Phi) is 2.18. The van der Waals surface area contributed by atoms with Crippen LogP contribution in [0.15, 0.2) is 4.99 Å². The van der Waals surface area contributed by atoms with E-state index in [-0.39, 0.29) is 17.8 Å². The van der Waals surface area contributed by atoms with Gasteiger partial charge in [-0.3, -0.25) is 4.79 Å². The molecule has 0 aromatic carbocycles. The molecule has 5 heteroatoms. The van der Waals surface area contributed by atoms with Crippen molar-refractivity contribution in [2.24, 2.45) is 16.6 Å². The summed E-state index contributed by atoms with van der Waals surface area (Å²) in [6, 6.07) is -0.0134. The standard InChI is InChI=1S/C8H12N2O3/c9-8-10-7(11)6(13-8)5-2-1-3-12-4-5/h5-6H,1-4H2,(H2,9,10,11). The van der Waals surface area contributed by atoms with Gasteiger partial charge in [-0.05, 0) is 12.8 Å². The van der Waals surface area contributed by atoms with E-state index in [9.17, 15) is 4.79 Å². The maximum absolute atomic E-state index is 11.2. The van der Waals surface area contributed by atoms with Gasteiger partial charge < -0.3 is 15.2 Å². The number of rotatable bonds is 1. The molecule has 0 saturated carbocycles. The van der Waals surface area contributed by atoms with Crippen molar-refractivity contribution in [3.8, 4) is 0 Å². The molecule has 72 valence electrons. The Hall–Kier alpha value is -1.10. The summed E-state index contributed by atoms with van der Waals surface area (Å²) in [7, 11) is 0. The summed E-state index contributed by atoms with van der Waals surface area (Å²) in [6.07, 6.45) is 1.41. The lowest BCUT2D eigenvalue weighted by molar-refractivity contribution is -0.127. The third-order valence-electron chi connectivity index (χ3n) is 2.34. The SMILES string of the molecule is NC1=NC(=O)C(C2CCCOC2)O1. The summed E-state index contributed by atoms with van der Waals surface area (Å²) in [5.74, 6) is -0.154. The number of carbonyl (C=O) groups excluding carboxylic acids is 1. The zero-order valence-corrected chi connectivity index (χ0v) is 7.23. The largest absolute Gasteiger partial charge is 0.451 e. The molecule has 2 aliphatic heterocycles. The minimum Gasteiger partial charge on any atom is -0.451 e. The minimum absolute atomic E-state index is 0.0134. The van der Waals surface area contributed by atoms with E-state index in [2.05, 4.69) is 4.99 Å². The van der Waals surface area contributed by atoms with Crippen LogP contribution in [0.3, 0.4) is 0 Å². The molecule has 1 amide bonds. The summed E-state index contributed by atoms with van der Waals surface area (Å²) in [4.78, 5) is 14.8. The highest BCUT2D eigenvalue weighted by Gasteiger charge is 2.36. The van der Waals surface area contributed by atoms with E-state index in [4.69, 9.17) is 15.2 Å². The van der Waals surface area contributed by atoms with Gasteiger partial charge in [0.15, 0.2) is 6.10 Å². The van der Waals surface area contributed by atoms with Crippen LogP contribution in [0.2, 0.25) is 0 Å². The molecule has 2 atom stereocenters. The van der Waals surface area contributed by atoms with Crippen molar-refractivity contribution < 1.29 is 14.3 Å². The van der Waals surface area contributed by atoms with Crippen molar-refractivity contribution >= 4 is 11.9 Å². The van der Waals surface area contributed by atoms with Crippen molar-refractivity contribution in [2.45, 2.75) is 18.9 Å². The van der Waals surface area contributed by atoms with Crippen molar-refractivity contribution in [3.63, 3.8) is 0 Å². The molecule has 2 rings (SSSR count). The monoisotopic (exact) mass is 184 g/mol. The lowest BCUT2D eigenvalue weighted by Gasteiger charge is -2.24. The third-order valence-corrected chi connectivity index (χ3v) is 2.34. The van der Waals surface area contributed by atoms with Crippen LogP contribution in [0.5, 0.6) is 0 Å². The van der Waals surface area contributed by atoms with Gasteiger partial charge in [0.05, 0.1) is 6.61 Å². The first kappa shape index (κ1) is 8.50. The van der Waals surface area contributed by atoms with Gasteiger partial charge in [0.2, 0.25) is 0 Å². The Morgan fingerprint density at radius 1 is 1.54 bits per heavy atom. The molecule has 2 heterocycles. The summed E-state index contributed by atoms with van der Waals surface area (Å²) in [5, 5.41) is 0. The van der Waals surface area contributed by atoms with Gasteiger partial charge in [0.25, 0.3) is 11.9 Å². The van der Waals surface area contributed by atoms with Gasteiger partial charge in [-0.2, -0.15) is 4.99 Å². The second kappa shape index (κ2) is 3.33. The first-order chi connectivity index (χ1) is 6.27. The number of hydrogen-bond acceptors (Lipinski definition) is 4. The molecule has 2 aliphatic rings. The Balaban J connectivity index is 1.98.